The average molecular weight is 503 g/mol. The van der Waals surface area contributed by atoms with Crippen molar-refractivity contribution >= 4 is 5.65 Å². The van der Waals surface area contributed by atoms with E-state index in [1.54, 1.807) is 30.3 Å². The van der Waals surface area contributed by atoms with E-state index < -0.39 is 18.5 Å². The Morgan fingerprint density at radius 2 is 1.61 bits per heavy atom. The molecule has 0 N–H and O–H groups in total. The molecule has 13 heteroatoms. The van der Waals surface area contributed by atoms with E-state index in [2.05, 4.69) is 25.0 Å². The summed E-state index contributed by atoms with van der Waals surface area (Å²) in [4.78, 5) is 4.31. The molecule has 0 saturated carbocycles. The Bertz CT molecular complexity index is 1530. The van der Waals surface area contributed by atoms with Crippen molar-refractivity contribution < 1.29 is 35.8 Å². The first-order valence-electron chi connectivity index (χ1n) is 10.2. The van der Waals surface area contributed by atoms with Crippen molar-refractivity contribution in [1.82, 2.24) is 24.8 Å². The zero-order chi connectivity index (χ0) is 25.4. The average Bonchev–Trinajstić information content (AvgIpc) is 3.50. The summed E-state index contributed by atoms with van der Waals surface area (Å²) < 4.78 is 82.3. The van der Waals surface area contributed by atoms with Crippen LogP contribution in [-0.2, 0) is 6.18 Å². The fourth-order valence-electron chi connectivity index (χ4n) is 3.48. The standard InChI is InChI=1S/C23H14F5N5O3/c1-34-17-9-13(7-8-16(17)35-22(24)25)20-30-31-21(36-20)15-11-19-29-14(12-5-3-2-4-6-12)10-18(23(26,27)28)33(19)32-15/h2-11,22H,1H3. The summed E-state index contributed by atoms with van der Waals surface area (Å²) in [6.45, 7) is -3.05. The Hall–Kier alpha value is -4.55. The lowest BCUT2D eigenvalue weighted by Gasteiger charge is -2.10. The third kappa shape index (κ3) is 4.42. The smallest absolute Gasteiger partial charge is 0.433 e. The third-order valence-electron chi connectivity index (χ3n) is 5.06. The van der Waals surface area contributed by atoms with Gasteiger partial charge in [0.05, 0.1) is 12.8 Å². The van der Waals surface area contributed by atoms with Gasteiger partial charge in [-0.25, -0.2) is 9.50 Å². The predicted octanol–water partition coefficient (Wildman–Crippen LogP) is 5.74. The normalized spacial score (nSPS) is 11.9. The number of methoxy groups -OCH3 is 1. The van der Waals surface area contributed by atoms with Gasteiger partial charge in [-0.15, -0.1) is 10.2 Å². The van der Waals surface area contributed by atoms with Crippen molar-refractivity contribution in [2.75, 3.05) is 7.11 Å². The van der Waals surface area contributed by atoms with Crippen LogP contribution in [0, 0.1) is 0 Å². The second-order valence-corrected chi connectivity index (χ2v) is 7.35. The summed E-state index contributed by atoms with van der Waals surface area (Å²) in [5, 5.41) is 11.7. The van der Waals surface area contributed by atoms with Crippen molar-refractivity contribution in [2.45, 2.75) is 12.8 Å². The molecule has 36 heavy (non-hydrogen) atoms. The minimum Gasteiger partial charge on any atom is -0.493 e. The molecular formula is C23H14F5N5O3. The molecule has 0 bridgehead atoms. The monoisotopic (exact) mass is 503 g/mol. The molecule has 0 fully saturated rings. The van der Waals surface area contributed by atoms with E-state index >= 15 is 0 Å². The second kappa shape index (κ2) is 8.91. The first kappa shape index (κ1) is 23.2. The molecule has 0 aliphatic rings. The van der Waals surface area contributed by atoms with Crippen LogP contribution in [-0.4, -0.2) is 38.5 Å². The summed E-state index contributed by atoms with van der Waals surface area (Å²) >= 11 is 0. The van der Waals surface area contributed by atoms with Gasteiger partial charge in [-0.3, -0.25) is 0 Å². The minimum atomic E-state index is -4.72. The van der Waals surface area contributed by atoms with Gasteiger partial charge in [0.15, 0.2) is 28.5 Å². The lowest BCUT2D eigenvalue weighted by molar-refractivity contribution is -0.142. The molecular weight excluding hydrogens is 489 g/mol. The number of fused-ring (bicyclic) bond motifs is 1. The van der Waals surface area contributed by atoms with Gasteiger partial charge in [-0.2, -0.15) is 27.1 Å². The van der Waals surface area contributed by atoms with Crippen LogP contribution in [0.1, 0.15) is 5.69 Å². The molecule has 0 unspecified atom stereocenters. The highest BCUT2D eigenvalue weighted by Crippen LogP contribution is 2.35. The summed E-state index contributed by atoms with van der Waals surface area (Å²) in [7, 11) is 1.27. The molecule has 0 aliphatic carbocycles. The van der Waals surface area contributed by atoms with Gasteiger partial charge < -0.3 is 13.9 Å². The Labute approximate surface area is 198 Å². The van der Waals surface area contributed by atoms with Crippen molar-refractivity contribution in [3.8, 4) is 45.8 Å². The largest absolute Gasteiger partial charge is 0.493 e. The molecule has 3 heterocycles. The SMILES string of the molecule is COc1cc(-c2nnc(-c3cc4nc(-c5ccccc5)cc(C(F)(F)F)n4n3)o2)ccc1OC(F)F. The van der Waals surface area contributed by atoms with Gasteiger partial charge in [0.25, 0.3) is 5.89 Å². The molecule has 5 aromatic rings. The van der Waals surface area contributed by atoms with E-state index in [1.807, 2.05) is 0 Å². The summed E-state index contributed by atoms with van der Waals surface area (Å²) in [5.41, 5.74) is -0.226. The van der Waals surface area contributed by atoms with E-state index in [9.17, 15) is 22.0 Å². The van der Waals surface area contributed by atoms with Crippen LogP contribution in [0.4, 0.5) is 22.0 Å². The maximum absolute atomic E-state index is 13.8. The Morgan fingerprint density at radius 1 is 0.861 bits per heavy atom. The quantitative estimate of drug-likeness (QED) is 0.273. The van der Waals surface area contributed by atoms with Gasteiger partial charge in [0, 0.05) is 17.2 Å². The zero-order valence-electron chi connectivity index (χ0n) is 18.2. The van der Waals surface area contributed by atoms with Crippen molar-refractivity contribution in [2.24, 2.45) is 0 Å². The van der Waals surface area contributed by atoms with Gasteiger partial charge in [0.2, 0.25) is 5.89 Å². The first-order chi connectivity index (χ1) is 17.2. The number of hydrogen-bond donors (Lipinski definition) is 0. The summed E-state index contributed by atoms with van der Waals surface area (Å²) in [6.07, 6.45) is -4.72. The molecule has 8 nitrogen and oxygen atoms in total. The highest BCUT2D eigenvalue weighted by Gasteiger charge is 2.35. The number of hydrogen-bond acceptors (Lipinski definition) is 7. The van der Waals surface area contributed by atoms with Crippen molar-refractivity contribution in [3.05, 3.63) is 66.4 Å². The van der Waals surface area contributed by atoms with Gasteiger partial charge in [0.1, 0.15) is 0 Å². The maximum atomic E-state index is 13.8. The number of aromatic nitrogens is 5. The molecule has 0 spiro atoms. The molecule has 0 amide bonds. The first-order valence-corrected chi connectivity index (χ1v) is 10.2. The molecule has 0 radical (unpaired) electrons. The Morgan fingerprint density at radius 3 is 2.31 bits per heavy atom. The molecule has 5 rings (SSSR count). The zero-order valence-corrected chi connectivity index (χ0v) is 18.2. The van der Waals surface area contributed by atoms with Crippen LogP contribution in [0.2, 0.25) is 0 Å². The molecule has 3 aromatic heterocycles. The number of halogens is 5. The predicted molar refractivity (Wildman–Crippen MR) is 115 cm³/mol. The van der Waals surface area contributed by atoms with Crippen molar-refractivity contribution in [1.29, 1.82) is 0 Å². The van der Waals surface area contributed by atoms with Crippen LogP contribution < -0.4 is 9.47 Å². The minimum absolute atomic E-state index is 0.00672. The highest BCUT2D eigenvalue weighted by atomic mass is 19.4. The molecule has 0 aliphatic heterocycles. The van der Waals surface area contributed by atoms with E-state index in [0.717, 1.165) is 6.07 Å². The number of nitrogens with zero attached hydrogens (tertiary/aromatic N) is 5. The fourth-order valence-corrected chi connectivity index (χ4v) is 3.48. The van der Waals surface area contributed by atoms with Crippen LogP contribution in [0.15, 0.2) is 65.1 Å². The Balaban J connectivity index is 1.55. The van der Waals surface area contributed by atoms with Crippen LogP contribution in [0.3, 0.4) is 0 Å². The van der Waals surface area contributed by atoms with E-state index in [0.29, 0.717) is 15.6 Å². The molecule has 2 aromatic carbocycles. The van der Waals surface area contributed by atoms with Gasteiger partial charge in [-0.05, 0) is 24.3 Å². The lowest BCUT2D eigenvalue weighted by Crippen LogP contribution is -2.13. The third-order valence-corrected chi connectivity index (χ3v) is 5.06. The highest BCUT2D eigenvalue weighted by molar-refractivity contribution is 5.66. The van der Waals surface area contributed by atoms with Gasteiger partial charge >= 0.3 is 12.8 Å². The summed E-state index contributed by atoms with van der Waals surface area (Å²) in [6, 6.07) is 14.6. The number of ether oxygens (including phenoxy) is 2. The number of rotatable bonds is 6. The fraction of sp³-hybridized carbons (Fsp3) is 0.130. The number of benzene rings is 2. The second-order valence-electron chi connectivity index (χ2n) is 7.35. The molecule has 0 saturated heterocycles. The topological polar surface area (TPSA) is 87.6 Å². The van der Waals surface area contributed by atoms with E-state index in [-0.39, 0.29) is 40.3 Å². The van der Waals surface area contributed by atoms with Crippen LogP contribution >= 0.6 is 0 Å². The van der Waals surface area contributed by atoms with Crippen LogP contribution in [0.5, 0.6) is 11.5 Å². The van der Waals surface area contributed by atoms with Crippen LogP contribution in [0.25, 0.3) is 39.9 Å². The maximum Gasteiger partial charge on any atom is 0.433 e. The Kier molecular flexibility index (Phi) is 5.74. The lowest BCUT2D eigenvalue weighted by atomic mass is 10.1. The van der Waals surface area contributed by atoms with Gasteiger partial charge in [-0.1, -0.05) is 30.3 Å². The van der Waals surface area contributed by atoms with E-state index in [1.165, 1.54) is 31.4 Å². The van der Waals surface area contributed by atoms with E-state index in [4.69, 9.17) is 9.15 Å². The number of alkyl halides is 5. The summed E-state index contributed by atoms with van der Waals surface area (Å²) in [5.74, 6) is -0.418. The molecule has 184 valence electrons. The molecule has 0 atom stereocenters. The van der Waals surface area contributed by atoms with Crippen molar-refractivity contribution in [3.63, 3.8) is 0 Å².